The van der Waals surface area contributed by atoms with E-state index in [-0.39, 0.29) is 12.2 Å². The average Bonchev–Trinajstić information content (AvgIpc) is 2.71. The minimum Gasteiger partial charge on any atom is -0.480 e. The van der Waals surface area contributed by atoms with E-state index in [1.807, 2.05) is 6.26 Å². The van der Waals surface area contributed by atoms with Crippen molar-refractivity contribution in [3.05, 3.63) is 0 Å². The number of hydrogen-bond donors (Lipinski definition) is 7. The fraction of sp³-hybridized carbons (Fsp3) is 0.706. The second kappa shape index (κ2) is 16.1. The van der Waals surface area contributed by atoms with Gasteiger partial charge in [-0.3, -0.25) is 19.2 Å². The summed E-state index contributed by atoms with van der Waals surface area (Å²) in [5.41, 5.74) is 11.0. The lowest BCUT2D eigenvalue weighted by Crippen LogP contribution is -2.58. The fourth-order valence-electron chi connectivity index (χ4n) is 2.30. The van der Waals surface area contributed by atoms with Gasteiger partial charge in [0.15, 0.2) is 0 Å². The summed E-state index contributed by atoms with van der Waals surface area (Å²) in [6.45, 7) is 0. The Bertz CT molecular complexity index is 639. The summed E-state index contributed by atoms with van der Waals surface area (Å²) in [5.74, 6) is -3.26. The molecular formula is C17H31N5O6S3. The molecule has 0 aromatic carbocycles. The zero-order valence-corrected chi connectivity index (χ0v) is 20.0. The van der Waals surface area contributed by atoms with Gasteiger partial charge >= 0.3 is 5.97 Å². The molecule has 31 heavy (non-hydrogen) atoms. The number of nitrogens with one attached hydrogen (secondary N) is 3. The summed E-state index contributed by atoms with van der Waals surface area (Å²) in [6, 6.07) is -4.52. The van der Waals surface area contributed by atoms with Crippen molar-refractivity contribution >= 4 is 65.8 Å². The average molecular weight is 498 g/mol. The molecule has 178 valence electrons. The first-order valence-electron chi connectivity index (χ1n) is 9.33. The number of primary amides is 1. The number of thiol groups is 1. The minimum absolute atomic E-state index is 0.140. The molecule has 11 nitrogen and oxygen atoms in total. The largest absolute Gasteiger partial charge is 0.480 e. The quantitative estimate of drug-likeness (QED) is 0.120. The summed E-state index contributed by atoms with van der Waals surface area (Å²) in [5, 5.41) is 16.3. The van der Waals surface area contributed by atoms with Gasteiger partial charge < -0.3 is 32.5 Å². The lowest BCUT2D eigenvalue weighted by molar-refractivity contribution is -0.141. The Kier molecular flexibility index (Phi) is 15.2. The number of carbonyl (C=O) groups is 5. The van der Waals surface area contributed by atoms with E-state index in [1.165, 1.54) is 23.5 Å². The first-order valence-corrected chi connectivity index (χ1v) is 12.8. The molecule has 0 spiro atoms. The van der Waals surface area contributed by atoms with Crippen LogP contribution >= 0.6 is 36.2 Å². The van der Waals surface area contributed by atoms with Gasteiger partial charge in [0, 0.05) is 5.75 Å². The van der Waals surface area contributed by atoms with Crippen LogP contribution in [0.2, 0.25) is 0 Å². The molecule has 0 heterocycles. The van der Waals surface area contributed by atoms with Gasteiger partial charge in [-0.1, -0.05) is 0 Å². The van der Waals surface area contributed by atoms with Crippen LogP contribution in [0.1, 0.15) is 19.3 Å². The highest BCUT2D eigenvalue weighted by atomic mass is 32.2. The molecule has 4 unspecified atom stereocenters. The number of carboxylic acid groups (broad SMARTS) is 1. The maximum atomic E-state index is 12.7. The molecule has 0 rings (SSSR count). The first kappa shape index (κ1) is 29.4. The molecule has 0 aliphatic carbocycles. The molecule has 0 radical (unpaired) electrons. The Balaban J connectivity index is 5.33. The smallest absolute Gasteiger partial charge is 0.327 e. The molecule has 4 amide bonds. The van der Waals surface area contributed by atoms with Crippen molar-refractivity contribution < 1.29 is 29.1 Å². The molecule has 0 aliphatic heterocycles. The Labute approximate surface area is 195 Å². The number of nitrogens with two attached hydrogens (primary N) is 2. The summed E-state index contributed by atoms with van der Waals surface area (Å²) in [4.78, 5) is 60.0. The van der Waals surface area contributed by atoms with Crippen LogP contribution in [0.3, 0.4) is 0 Å². The van der Waals surface area contributed by atoms with Crippen LogP contribution < -0.4 is 27.4 Å². The zero-order chi connectivity index (χ0) is 24.0. The Hall–Kier alpha value is -1.64. The van der Waals surface area contributed by atoms with Crippen molar-refractivity contribution in [2.75, 3.05) is 29.8 Å². The maximum Gasteiger partial charge on any atom is 0.327 e. The fourth-order valence-corrected chi connectivity index (χ4v) is 3.51. The van der Waals surface area contributed by atoms with Gasteiger partial charge in [-0.2, -0.15) is 36.2 Å². The van der Waals surface area contributed by atoms with Crippen molar-refractivity contribution in [3.8, 4) is 0 Å². The molecule has 0 bridgehead atoms. The Morgan fingerprint density at radius 2 is 1.35 bits per heavy atom. The van der Waals surface area contributed by atoms with Crippen LogP contribution in [0.15, 0.2) is 0 Å². The molecule has 0 aromatic rings. The van der Waals surface area contributed by atoms with Crippen molar-refractivity contribution in [1.82, 2.24) is 16.0 Å². The molecule has 0 saturated carbocycles. The highest BCUT2D eigenvalue weighted by Gasteiger charge is 2.30. The highest BCUT2D eigenvalue weighted by molar-refractivity contribution is 7.98. The summed E-state index contributed by atoms with van der Waals surface area (Å²) in [7, 11) is 0. The van der Waals surface area contributed by atoms with E-state index < -0.39 is 60.2 Å². The third kappa shape index (κ3) is 12.1. The molecular weight excluding hydrogens is 466 g/mol. The summed E-state index contributed by atoms with van der Waals surface area (Å²) in [6.07, 6.45) is 3.74. The molecule has 4 atom stereocenters. The van der Waals surface area contributed by atoms with E-state index in [1.54, 1.807) is 6.26 Å². The summed E-state index contributed by atoms with van der Waals surface area (Å²) < 4.78 is 0. The Morgan fingerprint density at radius 1 is 0.871 bits per heavy atom. The van der Waals surface area contributed by atoms with Gasteiger partial charge in [0.25, 0.3) is 0 Å². The van der Waals surface area contributed by atoms with E-state index in [0.29, 0.717) is 17.9 Å². The van der Waals surface area contributed by atoms with Gasteiger partial charge in [0.05, 0.1) is 12.5 Å². The van der Waals surface area contributed by atoms with Gasteiger partial charge in [-0.05, 0) is 36.9 Å². The van der Waals surface area contributed by atoms with Crippen molar-refractivity contribution in [2.24, 2.45) is 11.5 Å². The van der Waals surface area contributed by atoms with E-state index in [4.69, 9.17) is 16.6 Å². The second-order valence-corrected chi connectivity index (χ2v) is 8.88. The Morgan fingerprint density at radius 3 is 1.84 bits per heavy atom. The maximum absolute atomic E-state index is 12.7. The number of thioether (sulfide) groups is 2. The van der Waals surface area contributed by atoms with Crippen LogP contribution in [-0.2, 0) is 24.0 Å². The van der Waals surface area contributed by atoms with Gasteiger partial charge in [-0.25, -0.2) is 4.79 Å². The number of carbonyl (C=O) groups excluding carboxylic acids is 4. The number of amides is 4. The van der Waals surface area contributed by atoms with Crippen LogP contribution in [0.5, 0.6) is 0 Å². The van der Waals surface area contributed by atoms with Crippen LogP contribution in [0.25, 0.3) is 0 Å². The zero-order valence-electron chi connectivity index (χ0n) is 17.5. The third-order valence-corrected chi connectivity index (χ3v) is 5.70. The summed E-state index contributed by atoms with van der Waals surface area (Å²) >= 11 is 6.82. The lowest BCUT2D eigenvalue weighted by atomic mass is 10.1. The third-order valence-electron chi connectivity index (χ3n) is 4.05. The molecule has 0 fully saturated rings. The number of carboxylic acids is 1. The molecule has 0 aromatic heterocycles. The van der Waals surface area contributed by atoms with Crippen molar-refractivity contribution in [2.45, 2.75) is 43.4 Å². The topological polar surface area (TPSA) is 194 Å². The van der Waals surface area contributed by atoms with E-state index in [9.17, 15) is 24.0 Å². The van der Waals surface area contributed by atoms with E-state index >= 15 is 0 Å². The van der Waals surface area contributed by atoms with Crippen LogP contribution in [0.4, 0.5) is 0 Å². The molecule has 0 aliphatic rings. The van der Waals surface area contributed by atoms with Gasteiger partial charge in [-0.15, -0.1) is 0 Å². The number of rotatable bonds is 16. The SMILES string of the molecule is CSCCC(N)C(=O)NC(CC(N)=O)C(=O)NC(CCSC)C(=O)NC(CS)C(=O)O. The number of hydrogen-bond acceptors (Lipinski definition) is 9. The predicted octanol–water partition coefficient (Wildman–Crippen LogP) is -1.84. The number of aliphatic carboxylic acids is 1. The molecule has 8 N–H and O–H groups in total. The first-order chi connectivity index (χ1) is 14.6. The molecule has 0 saturated heterocycles. The lowest BCUT2D eigenvalue weighted by Gasteiger charge is -2.24. The monoisotopic (exact) mass is 497 g/mol. The normalized spacial score (nSPS) is 14.6. The van der Waals surface area contributed by atoms with Crippen LogP contribution in [-0.4, -0.2) is 88.6 Å². The van der Waals surface area contributed by atoms with Gasteiger partial charge in [0.1, 0.15) is 18.1 Å². The molecule has 14 heteroatoms. The van der Waals surface area contributed by atoms with E-state index in [0.717, 1.165) is 0 Å². The van der Waals surface area contributed by atoms with Gasteiger partial charge in [0.2, 0.25) is 23.6 Å². The van der Waals surface area contributed by atoms with Crippen molar-refractivity contribution in [1.29, 1.82) is 0 Å². The van der Waals surface area contributed by atoms with Crippen molar-refractivity contribution in [3.63, 3.8) is 0 Å². The predicted molar refractivity (Wildman–Crippen MR) is 125 cm³/mol. The second-order valence-electron chi connectivity index (χ2n) is 6.54. The van der Waals surface area contributed by atoms with Crippen LogP contribution in [0, 0.1) is 0 Å². The highest BCUT2D eigenvalue weighted by Crippen LogP contribution is 2.05. The van der Waals surface area contributed by atoms with E-state index in [2.05, 4.69) is 28.6 Å². The minimum atomic E-state index is -1.32. The standard InChI is InChI=1S/C17H31N5O6S3/c1-30-5-3-9(18)14(24)21-11(7-13(19)23)16(26)20-10(4-6-31-2)15(25)22-12(8-29)17(27)28/h9-12,29H,3-8,18H2,1-2H3,(H2,19,23)(H,20,26)(H,21,24)(H,22,25)(H,27,28).